The van der Waals surface area contributed by atoms with Crippen molar-refractivity contribution in [2.45, 2.75) is 32.1 Å². The fourth-order valence-electron chi connectivity index (χ4n) is 4.00. The number of hydrogen-bond acceptors (Lipinski definition) is 0. The molecule has 0 N–H and O–H groups in total. The second kappa shape index (κ2) is 10.9. The first kappa shape index (κ1) is 22.7. The third-order valence-corrected chi connectivity index (χ3v) is 6.03. The van der Waals surface area contributed by atoms with Crippen molar-refractivity contribution in [1.82, 2.24) is 0 Å². The van der Waals surface area contributed by atoms with Crippen molar-refractivity contribution in [3.05, 3.63) is 142 Å². The summed E-state index contributed by atoms with van der Waals surface area (Å²) in [6, 6.07) is 30.8. The molecule has 0 heterocycles. The molecule has 0 spiro atoms. The summed E-state index contributed by atoms with van der Waals surface area (Å²) in [6.07, 6.45) is 6.23. The molecule has 0 nitrogen and oxygen atoms in total. The summed E-state index contributed by atoms with van der Waals surface area (Å²) < 4.78 is 27.6. The monoisotopic (exact) mass is 438 g/mol. The standard InChI is InChI=1S/C31H28F2/c1-23(28-5-3-2-4-6-28)21-26-10-7-24(8-11-26)13-17-29-18-14-27(22-31(29)33)12-9-25-15-19-30(32)20-16-25/h2-8,10-11,13-20,22-23H,9,12,21H2,1H3/t23-/m0/s1. The van der Waals surface area contributed by atoms with E-state index in [2.05, 4.69) is 55.5 Å². The van der Waals surface area contributed by atoms with Gasteiger partial charge in [0.25, 0.3) is 0 Å². The van der Waals surface area contributed by atoms with E-state index >= 15 is 0 Å². The first-order chi connectivity index (χ1) is 16.1. The van der Waals surface area contributed by atoms with Gasteiger partial charge in [-0.2, -0.15) is 0 Å². The Labute approximate surface area is 195 Å². The van der Waals surface area contributed by atoms with Crippen molar-refractivity contribution in [3.63, 3.8) is 0 Å². The lowest BCUT2D eigenvalue weighted by atomic mass is 9.93. The lowest BCUT2D eigenvalue weighted by Crippen LogP contribution is -1.98. The van der Waals surface area contributed by atoms with Crippen LogP contribution in [0.5, 0.6) is 0 Å². The predicted molar refractivity (Wildman–Crippen MR) is 134 cm³/mol. The smallest absolute Gasteiger partial charge is 0.130 e. The van der Waals surface area contributed by atoms with E-state index in [-0.39, 0.29) is 11.6 Å². The van der Waals surface area contributed by atoms with Crippen molar-refractivity contribution in [2.75, 3.05) is 0 Å². The van der Waals surface area contributed by atoms with Crippen LogP contribution >= 0.6 is 0 Å². The number of hydrogen-bond donors (Lipinski definition) is 0. The third kappa shape index (κ3) is 6.49. The second-order valence-corrected chi connectivity index (χ2v) is 8.57. The van der Waals surface area contributed by atoms with Gasteiger partial charge in [0.05, 0.1) is 0 Å². The number of aryl methyl sites for hydroxylation is 2. The highest BCUT2D eigenvalue weighted by atomic mass is 19.1. The van der Waals surface area contributed by atoms with Gasteiger partial charge in [-0.25, -0.2) is 8.78 Å². The van der Waals surface area contributed by atoms with Gasteiger partial charge in [-0.3, -0.25) is 0 Å². The van der Waals surface area contributed by atoms with Gasteiger partial charge >= 0.3 is 0 Å². The molecule has 0 aliphatic heterocycles. The normalized spacial score (nSPS) is 12.2. The topological polar surface area (TPSA) is 0 Å². The van der Waals surface area contributed by atoms with Crippen LogP contribution in [0.3, 0.4) is 0 Å². The molecule has 4 aromatic carbocycles. The highest BCUT2D eigenvalue weighted by Crippen LogP contribution is 2.21. The number of benzene rings is 4. The first-order valence-corrected chi connectivity index (χ1v) is 11.4. The maximum absolute atomic E-state index is 14.6. The lowest BCUT2D eigenvalue weighted by Gasteiger charge is -2.12. The average Bonchev–Trinajstić information content (AvgIpc) is 2.84. The predicted octanol–water partition coefficient (Wildman–Crippen LogP) is 8.27. The van der Waals surface area contributed by atoms with Crippen LogP contribution in [0.25, 0.3) is 12.2 Å². The Kier molecular flexibility index (Phi) is 7.47. The largest absolute Gasteiger partial charge is 0.207 e. The van der Waals surface area contributed by atoms with Crippen LogP contribution in [-0.2, 0) is 19.3 Å². The SMILES string of the molecule is C[C@@H](Cc1ccc(C=Cc2ccc(CCc3ccc(F)cc3)cc2F)cc1)c1ccccc1. The van der Waals surface area contributed by atoms with Crippen LogP contribution in [0.4, 0.5) is 8.78 Å². The lowest BCUT2D eigenvalue weighted by molar-refractivity contribution is 0.622. The molecule has 0 saturated carbocycles. The van der Waals surface area contributed by atoms with Gasteiger partial charge < -0.3 is 0 Å². The van der Waals surface area contributed by atoms with E-state index < -0.39 is 0 Å². The van der Waals surface area contributed by atoms with Gasteiger partial charge in [-0.1, -0.05) is 97.9 Å². The van der Waals surface area contributed by atoms with E-state index in [9.17, 15) is 8.78 Å². The minimum atomic E-state index is -0.239. The minimum absolute atomic E-state index is 0.226. The summed E-state index contributed by atoms with van der Waals surface area (Å²) >= 11 is 0. The summed E-state index contributed by atoms with van der Waals surface area (Å²) in [6.45, 7) is 2.25. The van der Waals surface area contributed by atoms with Gasteiger partial charge in [0, 0.05) is 5.56 Å². The van der Waals surface area contributed by atoms with E-state index in [0.29, 0.717) is 11.5 Å². The van der Waals surface area contributed by atoms with E-state index in [1.165, 1.54) is 23.3 Å². The van der Waals surface area contributed by atoms with Crippen LogP contribution < -0.4 is 0 Å². The zero-order valence-corrected chi connectivity index (χ0v) is 18.8. The van der Waals surface area contributed by atoms with Gasteiger partial charge in [0.1, 0.15) is 11.6 Å². The molecule has 0 radical (unpaired) electrons. The maximum Gasteiger partial charge on any atom is 0.130 e. The van der Waals surface area contributed by atoms with Crippen LogP contribution in [0, 0.1) is 11.6 Å². The molecule has 0 amide bonds. The summed E-state index contributed by atoms with van der Waals surface area (Å²) in [4.78, 5) is 0. The van der Waals surface area contributed by atoms with E-state index in [4.69, 9.17) is 0 Å². The molecule has 2 heteroatoms. The van der Waals surface area contributed by atoms with Crippen molar-refractivity contribution in [3.8, 4) is 0 Å². The minimum Gasteiger partial charge on any atom is -0.207 e. The van der Waals surface area contributed by atoms with Crippen LogP contribution in [0.1, 0.15) is 46.2 Å². The molecule has 0 saturated heterocycles. The van der Waals surface area contributed by atoms with Crippen molar-refractivity contribution in [1.29, 1.82) is 0 Å². The number of rotatable bonds is 8. The quantitative estimate of drug-likeness (QED) is 0.243. The summed E-state index contributed by atoms with van der Waals surface area (Å²) in [5.74, 6) is -0.00302. The van der Waals surface area contributed by atoms with E-state index in [1.54, 1.807) is 18.2 Å². The first-order valence-electron chi connectivity index (χ1n) is 11.4. The molecule has 0 unspecified atom stereocenters. The summed E-state index contributed by atoms with van der Waals surface area (Å²) in [7, 11) is 0. The summed E-state index contributed by atoms with van der Waals surface area (Å²) in [5.41, 5.74) is 6.24. The van der Waals surface area contributed by atoms with Gasteiger partial charge in [0.2, 0.25) is 0 Å². The van der Waals surface area contributed by atoms with Crippen molar-refractivity contribution >= 4 is 12.2 Å². The van der Waals surface area contributed by atoms with Crippen molar-refractivity contribution in [2.24, 2.45) is 0 Å². The zero-order valence-electron chi connectivity index (χ0n) is 18.8. The van der Waals surface area contributed by atoms with Crippen LogP contribution in [0.2, 0.25) is 0 Å². The molecule has 4 rings (SSSR count). The fourth-order valence-corrected chi connectivity index (χ4v) is 4.00. The Morgan fingerprint density at radius 2 is 1.30 bits per heavy atom. The Morgan fingerprint density at radius 3 is 2.00 bits per heavy atom. The Hall–Kier alpha value is -3.52. The van der Waals surface area contributed by atoms with Crippen molar-refractivity contribution < 1.29 is 8.78 Å². The van der Waals surface area contributed by atoms with Gasteiger partial charge in [-0.05, 0) is 71.2 Å². The van der Waals surface area contributed by atoms with Gasteiger partial charge in [0.15, 0.2) is 0 Å². The van der Waals surface area contributed by atoms with Gasteiger partial charge in [-0.15, -0.1) is 0 Å². The third-order valence-electron chi connectivity index (χ3n) is 6.03. The Bertz CT molecular complexity index is 1190. The maximum atomic E-state index is 14.6. The average molecular weight is 439 g/mol. The molecule has 166 valence electrons. The highest BCUT2D eigenvalue weighted by Gasteiger charge is 2.06. The molecule has 0 fully saturated rings. The molecule has 4 aromatic rings. The number of halogens is 2. The molecule has 1 atom stereocenters. The molecule has 0 bridgehead atoms. The Morgan fingerprint density at radius 1 is 0.667 bits per heavy atom. The fraction of sp³-hybridized carbons (Fsp3) is 0.161. The molecule has 0 aromatic heterocycles. The molecule has 0 aliphatic carbocycles. The van der Waals surface area contributed by atoms with E-state index in [1.807, 2.05) is 30.4 Å². The molecular weight excluding hydrogens is 410 g/mol. The van der Waals surface area contributed by atoms with Crippen LogP contribution in [-0.4, -0.2) is 0 Å². The summed E-state index contributed by atoms with van der Waals surface area (Å²) in [5, 5.41) is 0. The molecule has 33 heavy (non-hydrogen) atoms. The second-order valence-electron chi connectivity index (χ2n) is 8.57. The van der Waals surface area contributed by atoms with E-state index in [0.717, 1.165) is 36.0 Å². The molecule has 0 aliphatic rings. The Balaban J connectivity index is 1.34. The zero-order chi connectivity index (χ0) is 23.0. The highest BCUT2D eigenvalue weighted by molar-refractivity contribution is 5.70. The van der Waals surface area contributed by atoms with Crippen LogP contribution in [0.15, 0.2) is 97.1 Å². The molecular formula is C31H28F2.